The van der Waals surface area contributed by atoms with Crippen LogP contribution < -0.4 is 5.32 Å². The van der Waals surface area contributed by atoms with Crippen LogP contribution in [0.2, 0.25) is 0 Å². The third-order valence-electron chi connectivity index (χ3n) is 4.01. The van der Waals surface area contributed by atoms with Crippen LogP contribution in [0.1, 0.15) is 35.3 Å². The number of hydrogen-bond donors (Lipinski definition) is 1. The largest absolute Gasteiger partial charge is 0.456 e. The molecule has 0 spiro atoms. The standard InChI is InChI=1S/C19H22N2O4S/c1-14(15-6-4-3-5-7-15)21(2)17(22)12-25-18(23)8-10-20-19(24)16-9-11-26-13-16/h3-7,9,11,13-14H,8,10,12H2,1-2H3,(H,20,24). The second-order valence-corrected chi connectivity index (χ2v) is 6.55. The topological polar surface area (TPSA) is 75.7 Å². The van der Waals surface area contributed by atoms with Crippen LogP contribution in [-0.2, 0) is 14.3 Å². The van der Waals surface area contributed by atoms with Gasteiger partial charge in [-0.1, -0.05) is 30.3 Å². The Morgan fingerprint density at radius 1 is 1.19 bits per heavy atom. The van der Waals surface area contributed by atoms with E-state index >= 15 is 0 Å². The van der Waals surface area contributed by atoms with Crippen LogP contribution in [0.25, 0.3) is 0 Å². The lowest BCUT2D eigenvalue weighted by Gasteiger charge is -2.25. The maximum Gasteiger partial charge on any atom is 0.308 e. The van der Waals surface area contributed by atoms with Crippen molar-refractivity contribution < 1.29 is 19.1 Å². The summed E-state index contributed by atoms with van der Waals surface area (Å²) in [5, 5.41) is 6.18. The molecule has 1 heterocycles. The van der Waals surface area contributed by atoms with Gasteiger partial charge in [0.15, 0.2) is 6.61 Å². The number of ether oxygens (including phenoxy) is 1. The third kappa shape index (κ3) is 5.70. The molecule has 6 nitrogen and oxygen atoms in total. The van der Waals surface area contributed by atoms with E-state index in [9.17, 15) is 14.4 Å². The predicted octanol–water partition coefficient (Wildman–Crippen LogP) is 2.63. The Morgan fingerprint density at radius 3 is 2.58 bits per heavy atom. The highest BCUT2D eigenvalue weighted by molar-refractivity contribution is 7.08. The summed E-state index contributed by atoms with van der Waals surface area (Å²) < 4.78 is 5.00. The van der Waals surface area contributed by atoms with Gasteiger partial charge < -0.3 is 15.0 Å². The molecule has 0 aliphatic rings. The van der Waals surface area contributed by atoms with Gasteiger partial charge in [0.25, 0.3) is 11.8 Å². The van der Waals surface area contributed by atoms with Crippen molar-refractivity contribution in [1.29, 1.82) is 0 Å². The smallest absolute Gasteiger partial charge is 0.308 e. The zero-order chi connectivity index (χ0) is 18.9. The highest BCUT2D eigenvalue weighted by Gasteiger charge is 2.18. The van der Waals surface area contributed by atoms with Crippen LogP contribution in [0, 0.1) is 0 Å². The lowest BCUT2D eigenvalue weighted by molar-refractivity contribution is -0.152. The van der Waals surface area contributed by atoms with Crippen molar-refractivity contribution in [2.75, 3.05) is 20.2 Å². The second kappa shape index (κ2) is 9.72. The second-order valence-electron chi connectivity index (χ2n) is 5.77. The fraction of sp³-hybridized carbons (Fsp3) is 0.316. The average molecular weight is 374 g/mol. The molecule has 0 aliphatic heterocycles. The first kappa shape index (κ1) is 19.7. The van der Waals surface area contributed by atoms with Crippen molar-refractivity contribution in [1.82, 2.24) is 10.2 Å². The van der Waals surface area contributed by atoms with Gasteiger partial charge in [-0.05, 0) is 23.9 Å². The normalized spacial score (nSPS) is 11.5. The highest BCUT2D eigenvalue weighted by Crippen LogP contribution is 2.18. The Bertz CT molecular complexity index is 731. The van der Waals surface area contributed by atoms with E-state index in [4.69, 9.17) is 4.74 Å². The number of esters is 1. The Labute approximate surface area is 156 Å². The summed E-state index contributed by atoms with van der Waals surface area (Å²) in [6.07, 6.45) is 0.0150. The highest BCUT2D eigenvalue weighted by atomic mass is 32.1. The van der Waals surface area contributed by atoms with Crippen molar-refractivity contribution in [2.24, 2.45) is 0 Å². The van der Waals surface area contributed by atoms with Gasteiger partial charge in [-0.3, -0.25) is 14.4 Å². The van der Waals surface area contributed by atoms with Crippen LogP contribution in [0.15, 0.2) is 47.2 Å². The number of benzene rings is 1. The molecule has 26 heavy (non-hydrogen) atoms. The number of hydrogen-bond acceptors (Lipinski definition) is 5. The number of nitrogens with zero attached hydrogens (tertiary/aromatic N) is 1. The maximum absolute atomic E-state index is 12.2. The number of nitrogens with one attached hydrogen (secondary N) is 1. The number of rotatable bonds is 8. The zero-order valence-electron chi connectivity index (χ0n) is 14.8. The minimum atomic E-state index is -0.523. The van der Waals surface area contributed by atoms with Crippen molar-refractivity contribution in [3.8, 4) is 0 Å². The maximum atomic E-state index is 12.2. The molecular formula is C19H22N2O4S. The minimum Gasteiger partial charge on any atom is -0.456 e. The van der Waals surface area contributed by atoms with Crippen LogP contribution in [0.5, 0.6) is 0 Å². The van der Waals surface area contributed by atoms with Gasteiger partial charge in [-0.25, -0.2) is 0 Å². The molecule has 0 fully saturated rings. The number of carbonyl (C=O) groups excluding carboxylic acids is 3. The Morgan fingerprint density at radius 2 is 1.92 bits per heavy atom. The monoisotopic (exact) mass is 374 g/mol. The van der Waals surface area contributed by atoms with Crippen molar-refractivity contribution >= 4 is 29.1 Å². The Kier molecular flexibility index (Phi) is 7.35. The Hall–Kier alpha value is -2.67. The summed E-state index contributed by atoms with van der Waals surface area (Å²) in [7, 11) is 1.68. The van der Waals surface area contributed by atoms with Gasteiger partial charge in [0.2, 0.25) is 0 Å². The molecule has 0 saturated heterocycles. The van der Waals surface area contributed by atoms with Crippen molar-refractivity contribution in [3.63, 3.8) is 0 Å². The molecule has 0 saturated carbocycles. The van der Waals surface area contributed by atoms with Gasteiger partial charge in [0.1, 0.15) is 0 Å². The number of amides is 2. The molecule has 1 atom stereocenters. The Balaban J connectivity index is 1.69. The summed E-state index contributed by atoms with van der Waals surface area (Å²) in [6.45, 7) is 1.76. The van der Waals surface area contributed by atoms with E-state index in [1.807, 2.05) is 42.6 Å². The number of carbonyl (C=O) groups is 3. The third-order valence-corrected chi connectivity index (χ3v) is 4.69. The van der Waals surface area contributed by atoms with Gasteiger partial charge >= 0.3 is 5.97 Å². The summed E-state index contributed by atoms with van der Waals surface area (Å²) in [6, 6.07) is 11.2. The fourth-order valence-electron chi connectivity index (χ4n) is 2.26. The van der Waals surface area contributed by atoms with Gasteiger partial charge in [0.05, 0.1) is 12.5 Å². The van der Waals surface area contributed by atoms with Gasteiger partial charge in [-0.15, -0.1) is 0 Å². The molecule has 2 amide bonds. The molecule has 138 valence electrons. The first-order chi connectivity index (χ1) is 12.5. The number of thiophene rings is 1. The molecule has 1 unspecified atom stereocenters. The molecule has 1 N–H and O–H groups in total. The summed E-state index contributed by atoms with van der Waals surface area (Å²) in [5.74, 6) is -1.03. The lowest BCUT2D eigenvalue weighted by atomic mass is 10.1. The zero-order valence-corrected chi connectivity index (χ0v) is 15.6. The van der Waals surface area contributed by atoms with E-state index in [0.717, 1.165) is 5.56 Å². The summed E-state index contributed by atoms with van der Waals surface area (Å²) in [5.41, 5.74) is 1.57. The lowest BCUT2D eigenvalue weighted by Crippen LogP contribution is -2.34. The van der Waals surface area contributed by atoms with E-state index in [2.05, 4.69) is 5.32 Å². The molecule has 7 heteroatoms. The molecule has 0 aliphatic carbocycles. The van der Waals surface area contributed by atoms with E-state index in [0.29, 0.717) is 5.56 Å². The molecule has 1 aromatic carbocycles. The molecule has 2 aromatic rings. The molecule has 0 bridgehead atoms. The van der Waals surface area contributed by atoms with E-state index in [1.54, 1.807) is 23.4 Å². The number of likely N-dealkylation sites (N-methyl/N-ethyl adjacent to an activating group) is 1. The van der Waals surface area contributed by atoms with Crippen molar-refractivity contribution in [3.05, 3.63) is 58.3 Å². The summed E-state index contributed by atoms with van der Waals surface area (Å²) in [4.78, 5) is 37.2. The fourth-order valence-corrected chi connectivity index (χ4v) is 2.90. The van der Waals surface area contributed by atoms with Gasteiger partial charge in [0, 0.05) is 24.5 Å². The molecule has 1 aromatic heterocycles. The van der Waals surface area contributed by atoms with Crippen LogP contribution in [-0.4, -0.2) is 42.9 Å². The van der Waals surface area contributed by atoms with Crippen LogP contribution >= 0.6 is 11.3 Å². The van der Waals surface area contributed by atoms with Crippen molar-refractivity contribution in [2.45, 2.75) is 19.4 Å². The molecule has 0 radical (unpaired) electrons. The van der Waals surface area contributed by atoms with E-state index < -0.39 is 5.97 Å². The minimum absolute atomic E-state index is 0.0150. The first-order valence-electron chi connectivity index (χ1n) is 8.25. The van der Waals surface area contributed by atoms with Crippen LogP contribution in [0.4, 0.5) is 0 Å². The predicted molar refractivity (Wildman–Crippen MR) is 99.9 cm³/mol. The average Bonchev–Trinajstić information content (AvgIpc) is 3.20. The first-order valence-corrected chi connectivity index (χ1v) is 9.20. The quantitative estimate of drug-likeness (QED) is 0.721. The summed E-state index contributed by atoms with van der Waals surface area (Å²) >= 11 is 1.43. The van der Waals surface area contributed by atoms with Gasteiger partial charge in [-0.2, -0.15) is 11.3 Å². The molecule has 2 rings (SSSR count). The molecular weight excluding hydrogens is 352 g/mol. The van der Waals surface area contributed by atoms with E-state index in [1.165, 1.54) is 11.3 Å². The SMILES string of the molecule is CC(c1ccccc1)N(C)C(=O)COC(=O)CCNC(=O)c1ccsc1. The van der Waals surface area contributed by atoms with E-state index in [-0.39, 0.29) is 37.4 Å². The van der Waals surface area contributed by atoms with Crippen LogP contribution in [0.3, 0.4) is 0 Å².